The number of carbonyl (C=O) groups is 4. The van der Waals surface area contributed by atoms with Crippen molar-refractivity contribution in [2.24, 2.45) is 0 Å². The predicted octanol–water partition coefficient (Wildman–Crippen LogP) is 7.02. The molecule has 0 aromatic carbocycles. The van der Waals surface area contributed by atoms with Crippen molar-refractivity contribution in [3.8, 4) is 0 Å². The van der Waals surface area contributed by atoms with E-state index in [1.165, 1.54) is 6.42 Å². The summed E-state index contributed by atoms with van der Waals surface area (Å²) in [5.74, 6) is -2.27. The standard InChI is InChI=1S/C36H68O17P2/c1-5-9-13-14-15-16-19-22-34(39)47-26-31(52-35(40)20-12-8-4)28-50-54(42,43)48-24-30(37)25-49-55(44,45)51-29-32(53-36(41)23-18-11-7-3)27-46-33(38)21-17-10-6-2/h30-32,37H,5-29H2,1-4H3,(H,42,43)(H,44,45)/t30-,31+,32+/m0/s1. The van der Waals surface area contributed by atoms with Gasteiger partial charge in [-0.3, -0.25) is 37.3 Å². The number of esters is 4. The molecular formula is C36H68O17P2. The summed E-state index contributed by atoms with van der Waals surface area (Å²) in [6.45, 7) is 3.97. The number of phosphoric acid groups is 2. The molecule has 0 radical (unpaired) electrons. The van der Waals surface area contributed by atoms with Crippen molar-refractivity contribution < 1.29 is 80.2 Å². The molecule has 55 heavy (non-hydrogen) atoms. The van der Waals surface area contributed by atoms with Crippen LogP contribution in [0.25, 0.3) is 0 Å². The molecule has 19 heteroatoms. The van der Waals surface area contributed by atoms with E-state index < -0.39 is 97.5 Å². The molecule has 5 atom stereocenters. The highest BCUT2D eigenvalue weighted by atomic mass is 31.2. The maximum Gasteiger partial charge on any atom is 0.472 e. The molecule has 0 aromatic heterocycles. The monoisotopic (exact) mass is 834 g/mol. The zero-order chi connectivity index (χ0) is 41.4. The topological polar surface area (TPSA) is 237 Å². The van der Waals surface area contributed by atoms with Crippen molar-refractivity contribution in [1.29, 1.82) is 0 Å². The molecule has 0 bridgehead atoms. The van der Waals surface area contributed by atoms with Crippen molar-refractivity contribution >= 4 is 39.5 Å². The van der Waals surface area contributed by atoms with E-state index in [0.717, 1.165) is 64.2 Å². The van der Waals surface area contributed by atoms with Crippen LogP contribution >= 0.6 is 15.6 Å². The molecule has 0 aromatic rings. The molecule has 0 saturated heterocycles. The van der Waals surface area contributed by atoms with Crippen LogP contribution in [0.4, 0.5) is 0 Å². The van der Waals surface area contributed by atoms with E-state index in [2.05, 4.69) is 6.92 Å². The van der Waals surface area contributed by atoms with Gasteiger partial charge in [-0.15, -0.1) is 0 Å². The van der Waals surface area contributed by atoms with Crippen molar-refractivity contribution in [1.82, 2.24) is 0 Å². The van der Waals surface area contributed by atoms with Gasteiger partial charge in [0.1, 0.15) is 19.3 Å². The smallest absolute Gasteiger partial charge is 0.462 e. The Morgan fingerprint density at radius 2 is 0.745 bits per heavy atom. The summed E-state index contributed by atoms with van der Waals surface area (Å²) in [4.78, 5) is 69.1. The van der Waals surface area contributed by atoms with Crippen LogP contribution in [-0.4, -0.2) is 96.7 Å². The van der Waals surface area contributed by atoms with Gasteiger partial charge < -0.3 is 33.8 Å². The molecule has 0 aliphatic heterocycles. The Morgan fingerprint density at radius 1 is 0.436 bits per heavy atom. The van der Waals surface area contributed by atoms with Crippen LogP contribution < -0.4 is 0 Å². The number of hydrogen-bond donors (Lipinski definition) is 3. The van der Waals surface area contributed by atoms with E-state index in [4.69, 9.17) is 37.0 Å². The van der Waals surface area contributed by atoms with E-state index in [0.29, 0.717) is 25.7 Å². The predicted molar refractivity (Wildman–Crippen MR) is 202 cm³/mol. The highest BCUT2D eigenvalue weighted by Crippen LogP contribution is 2.45. The summed E-state index contributed by atoms with van der Waals surface area (Å²) in [6.07, 6.45) is 9.24. The van der Waals surface area contributed by atoms with Gasteiger partial charge in [0.25, 0.3) is 0 Å². The van der Waals surface area contributed by atoms with Crippen molar-refractivity contribution in [2.45, 2.75) is 168 Å². The van der Waals surface area contributed by atoms with E-state index in [1.54, 1.807) is 0 Å². The number of unbranched alkanes of at least 4 members (excludes halogenated alkanes) is 11. The van der Waals surface area contributed by atoms with Gasteiger partial charge in [0.05, 0.1) is 26.4 Å². The SMILES string of the molecule is CCCCCCCCCC(=O)OC[C@H](COP(=O)(O)OC[C@H](O)COP(=O)(O)OC[C@@H](COC(=O)CCCCC)OC(=O)CCCCC)OC(=O)CCCC. The van der Waals surface area contributed by atoms with Crippen molar-refractivity contribution in [2.75, 3.05) is 39.6 Å². The molecule has 3 N–H and O–H groups in total. The maximum atomic E-state index is 12.5. The maximum absolute atomic E-state index is 12.5. The number of carbonyl (C=O) groups excluding carboxylic acids is 4. The van der Waals surface area contributed by atoms with E-state index in [1.807, 2.05) is 20.8 Å². The second-order valence-electron chi connectivity index (χ2n) is 13.3. The van der Waals surface area contributed by atoms with Crippen LogP contribution in [-0.2, 0) is 65.4 Å². The minimum absolute atomic E-state index is 0.0777. The van der Waals surface area contributed by atoms with Crippen LogP contribution in [0.2, 0.25) is 0 Å². The first-order chi connectivity index (χ1) is 26.2. The number of aliphatic hydroxyl groups excluding tert-OH is 1. The minimum Gasteiger partial charge on any atom is -0.462 e. The lowest BCUT2D eigenvalue weighted by molar-refractivity contribution is -0.161. The molecule has 0 amide bonds. The lowest BCUT2D eigenvalue weighted by atomic mass is 10.1. The number of rotatable bonds is 37. The molecule has 0 spiro atoms. The average molecular weight is 835 g/mol. The first-order valence-corrected chi connectivity index (χ1v) is 22.8. The second-order valence-corrected chi connectivity index (χ2v) is 16.2. The summed E-state index contributed by atoms with van der Waals surface area (Å²) < 4.78 is 65.3. The fourth-order valence-electron chi connectivity index (χ4n) is 4.66. The molecule has 0 saturated carbocycles. The molecule has 0 aliphatic rings. The quantitative estimate of drug-likeness (QED) is 0.0247. The van der Waals surface area contributed by atoms with Crippen molar-refractivity contribution in [3.05, 3.63) is 0 Å². The number of phosphoric ester groups is 2. The van der Waals surface area contributed by atoms with Gasteiger partial charge in [-0.05, 0) is 25.7 Å². The van der Waals surface area contributed by atoms with Gasteiger partial charge in [-0.1, -0.05) is 98.3 Å². The summed E-state index contributed by atoms with van der Waals surface area (Å²) in [5.41, 5.74) is 0. The van der Waals surface area contributed by atoms with Crippen LogP contribution in [0.3, 0.4) is 0 Å². The molecule has 0 aliphatic carbocycles. The molecule has 324 valence electrons. The number of hydrogen-bond acceptors (Lipinski definition) is 15. The molecule has 0 heterocycles. The van der Waals surface area contributed by atoms with Gasteiger partial charge in [0.15, 0.2) is 12.2 Å². The van der Waals surface area contributed by atoms with Crippen molar-refractivity contribution in [3.63, 3.8) is 0 Å². The zero-order valence-electron chi connectivity index (χ0n) is 33.4. The zero-order valence-corrected chi connectivity index (χ0v) is 35.2. The Morgan fingerprint density at radius 3 is 1.16 bits per heavy atom. The summed E-state index contributed by atoms with van der Waals surface area (Å²) in [6, 6.07) is 0. The van der Waals surface area contributed by atoms with Crippen LogP contribution in [0.5, 0.6) is 0 Å². The fourth-order valence-corrected chi connectivity index (χ4v) is 6.24. The van der Waals surface area contributed by atoms with Crippen LogP contribution in [0.15, 0.2) is 0 Å². The summed E-state index contributed by atoms with van der Waals surface area (Å²) >= 11 is 0. The molecule has 0 fully saturated rings. The normalized spacial score (nSPS) is 15.3. The fraction of sp³-hybridized carbons (Fsp3) is 0.889. The Labute approximate surface area is 327 Å². The van der Waals surface area contributed by atoms with Gasteiger partial charge in [0.2, 0.25) is 0 Å². The van der Waals surface area contributed by atoms with Crippen LogP contribution in [0, 0.1) is 0 Å². The molecule has 17 nitrogen and oxygen atoms in total. The highest BCUT2D eigenvalue weighted by molar-refractivity contribution is 7.47. The highest BCUT2D eigenvalue weighted by Gasteiger charge is 2.30. The van der Waals surface area contributed by atoms with E-state index >= 15 is 0 Å². The minimum atomic E-state index is -4.89. The number of ether oxygens (including phenoxy) is 4. The first kappa shape index (κ1) is 53.1. The van der Waals surface area contributed by atoms with E-state index in [-0.39, 0.29) is 25.7 Å². The Hall–Kier alpha value is -1.94. The lowest BCUT2D eigenvalue weighted by Gasteiger charge is -2.21. The lowest BCUT2D eigenvalue weighted by Crippen LogP contribution is -2.30. The number of aliphatic hydroxyl groups is 1. The first-order valence-electron chi connectivity index (χ1n) is 19.8. The summed E-state index contributed by atoms with van der Waals surface area (Å²) in [7, 11) is -9.77. The average Bonchev–Trinajstić information content (AvgIpc) is 3.14. The van der Waals surface area contributed by atoms with Gasteiger partial charge in [-0.2, -0.15) is 0 Å². The third-order valence-electron chi connectivity index (χ3n) is 7.85. The van der Waals surface area contributed by atoms with Gasteiger partial charge in [0, 0.05) is 25.7 Å². The van der Waals surface area contributed by atoms with Gasteiger partial charge >= 0.3 is 39.5 Å². The molecule has 2 unspecified atom stereocenters. The Balaban J connectivity index is 4.96. The van der Waals surface area contributed by atoms with Gasteiger partial charge in [-0.25, -0.2) is 9.13 Å². The summed E-state index contributed by atoms with van der Waals surface area (Å²) in [5, 5.41) is 10.2. The Kier molecular flexibility index (Phi) is 31.9. The molecular weight excluding hydrogens is 766 g/mol. The third kappa shape index (κ3) is 32.8. The molecule has 0 rings (SSSR count). The van der Waals surface area contributed by atoms with E-state index in [9.17, 15) is 43.2 Å². The van der Waals surface area contributed by atoms with Crippen LogP contribution in [0.1, 0.15) is 150 Å². The second kappa shape index (κ2) is 33.1. The third-order valence-corrected chi connectivity index (χ3v) is 9.75. The Bertz CT molecular complexity index is 1140. The largest absolute Gasteiger partial charge is 0.472 e.